The van der Waals surface area contributed by atoms with Crippen LogP contribution in [0.1, 0.15) is 16.6 Å². The van der Waals surface area contributed by atoms with Crippen molar-refractivity contribution in [3.05, 3.63) is 53.7 Å². The van der Waals surface area contributed by atoms with Gasteiger partial charge in [-0.05, 0) is 0 Å². The summed E-state index contributed by atoms with van der Waals surface area (Å²) in [6.07, 6.45) is 3.08. The van der Waals surface area contributed by atoms with E-state index >= 15 is 0 Å². The third-order valence-corrected chi connectivity index (χ3v) is 6.17. The molecule has 1 fully saturated rings. The predicted molar refractivity (Wildman–Crippen MR) is 91.5 cm³/mol. The standard InChI is InChI=1S/C16H13ClN4O3Se/c17-16-18-6-11-14(20-16)21(9-19-11)12-8-25-13(24-12)7-23-15(22)10-4-2-1-3-5-10/h1-6,9,12-13H,7-8H2/t12-,13+/m1/s1. The molecule has 2 atom stereocenters. The second-order valence-corrected chi connectivity index (χ2v) is 8.16. The first kappa shape index (κ1) is 16.5. The topological polar surface area (TPSA) is 79.1 Å². The van der Waals surface area contributed by atoms with Crippen molar-refractivity contribution < 1.29 is 14.3 Å². The number of fused-ring (bicyclic) bond motifs is 1. The molecule has 0 N–H and O–H groups in total. The van der Waals surface area contributed by atoms with Crippen LogP contribution in [0.2, 0.25) is 10.6 Å². The Labute approximate surface area is 154 Å². The van der Waals surface area contributed by atoms with E-state index in [-0.39, 0.29) is 44.0 Å². The quantitative estimate of drug-likeness (QED) is 0.364. The fourth-order valence-corrected chi connectivity index (χ4v) is 4.70. The number of hydrogen-bond acceptors (Lipinski definition) is 6. The SMILES string of the molecule is O=C(OC[C@H]1O[C@@H](n2cnc3cnc(Cl)nc32)C[Se]1)c1ccccc1. The Bertz CT molecular complexity index is 905. The van der Waals surface area contributed by atoms with Crippen molar-refractivity contribution in [1.82, 2.24) is 19.5 Å². The maximum atomic E-state index is 12.0. The van der Waals surface area contributed by atoms with Crippen LogP contribution in [0.5, 0.6) is 0 Å². The van der Waals surface area contributed by atoms with E-state index in [1.807, 2.05) is 10.6 Å². The maximum absolute atomic E-state index is 12.0. The number of imidazole rings is 1. The number of aromatic nitrogens is 4. The van der Waals surface area contributed by atoms with Gasteiger partial charge in [0.1, 0.15) is 0 Å². The van der Waals surface area contributed by atoms with Gasteiger partial charge in [-0.25, -0.2) is 0 Å². The number of carbonyl (C=O) groups excluding carboxylic acids is 1. The van der Waals surface area contributed by atoms with E-state index in [0.29, 0.717) is 16.7 Å². The van der Waals surface area contributed by atoms with E-state index in [1.165, 1.54) is 0 Å². The predicted octanol–water partition coefficient (Wildman–Crippen LogP) is 2.31. The van der Waals surface area contributed by atoms with Crippen LogP contribution in [0, 0.1) is 0 Å². The summed E-state index contributed by atoms with van der Waals surface area (Å²) in [5.41, 5.74) is 1.85. The minimum absolute atomic E-state index is 0.0973. The molecule has 0 aliphatic carbocycles. The minimum atomic E-state index is -0.337. The molecule has 128 valence electrons. The summed E-state index contributed by atoms with van der Waals surface area (Å²) in [4.78, 5) is 24.4. The van der Waals surface area contributed by atoms with Gasteiger partial charge in [0.05, 0.1) is 0 Å². The third-order valence-electron chi connectivity index (χ3n) is 3.69. The van der Waals surface area contributed by atoms with E-state index in [4.69, 9.17) is 21.1 Å². The van der Waals surface area contributed by atoms with Crippen molar-refractivity contribution in [1.29, 1.82) is 0 Å². The van der Waals surface area contributed by atoms with Gasteiger partial charge in [-0.2, -0.15) is 0 Å². The van der Waals surface area contributed by atoms with Gasteiger partial charge in [-0.3, -0.25) is 0 Å². The molecule has 2 aromatic heterocycles. The number of esters is 1. The van der Waals surface area contributed by atoms with Gasteiger partial charge in [0, 0.05) is 0 Å². The molecule has 0 unspecified atom stereocenters. The van der Waals surface area contributed by atoms with Gasteiger partial charge < -0.3 is 0 Å². The second kappa shape index (κ2) is 7.09. The molecule has 9 heteroatoms. The van der Waals surface area contributed by atoms with Crippen LogP contribution in [0.15, 0.2) is 42.9 Å². The number of carbonyl (C=O) groups is 1. The van der Waals surface area contributed by atoms with Gasteiger partial charge in [0.15, 0.2) is 0 Å². The number of halogens is 1. The molecule has 7 nitrogen and oxygen atoms in total. The molecule has 0 amide bonds. The average Bonchev–Trinajstić information content (AvgIpc) is 3.26. The molecule has 0 spiro atoms. The van der Waals surface area contributed by atoms with Crippen LogP contribution in [0.25, 0.3) is 11.2 Å². The summed E-state index contributed by atoms with van der Waals surface area (Å²) in [5, 5.41) is 0.916. The van der Waals surface area contributed by atoms with E-state index in [0.717, 1.165) is 5.32 Å². The Balaban J connectivity index is 1.39. The van der Waals surface area contributed by atoms with Crippen molar-refractivity contribution in [2.75, 3.05) is 6.61 Å². The first-order valence-electron chi connectivity index (χ1n) is 7.55. The van der Waals surface area contributed by atoms with Gasteiger partial charge in [0.25, 0.3) is 0 Å². The van der Waals surface area contributed by atoms with Crippen LogP contribution in [0.3, 0.4) is 0 Å². The molecular formula is C16H13ClN4O3Se. The second-order valence-electron chi connectivity index (χ2n) is 5.32. The number of rotatable bonds is 4. The molecule has 0 bridgehead atoms. The molecule has 3 aromatic rings. The zero-order valence-corrected chi connectivity index (χ0v) is 15.4. The summed E-state index contributed by atoms with van der Waals surface area (Å²) in [6, 6.07) is 8.93. The molecule has 0 radical (unpaired) electrons. The van der Waals surface area contributed by atoms with E-state index in [2.05, 4.69) is 15.0 Å². The molecule has 25 heavy (non-hydrogen) atoms. The Morgan fingerprint density at radius 3 is 3.04 bits per heavy atom. The van der Waals surface area contributed by atoms with Crippen LogP contribution in [-0.2, 0) is 9.47 Å². The zero-order chi connectivity index (χ0) is 17.2. The van der Waals surface area contributed by atoms with Crippen molar-refractivity contribution in [2.45, 2.75) is 16.5 Å². The van der Waals surface area contributed by atoms with E-state index in [1.54, 1.807) is 36.8 Å². The molecule has 4 rings (SSSR count). The molecule has 1 aromatic carbocycles. The summed E-state index contributed by atoms with van der Waals surface area (Å²) in [5.74, 6) is -0.337. The Morgan fingerprint density at radius 1 is 1.36 bits per heavy atom. The number of benzene rings is 1. The zero-order valence-electron chi connectivity index (χ0n) is 12.9. The normalized spacial score (nSPS) is 20.0. The Hall–Kier alpha value is -1.99. The first-order chi connectivity index (χ1) is 12.2. The molecule has 1 saturated heterocycles. The molecule has 0 saturated carbocycles. The monoisotopic (exact) mass is 424 g/mol. The Kier molecular flexibility index (Phi) is 4.67. The fourth-order valence-electron chi connectivity index (χ4n) is 2.49. The van der Waals surface area contributed by atoms with Gasteiger partial charge in [-0.1, -0.05) is 0 Å². The third kappa shape index (κ3) is 3.52. The molecule has 3 heterocycles. The molecule has 1 aliphatic rings. The van der Waals surface area contributed by atoms with E-state index < -0.39 is 0 Å². The first-order valence-corrected chi connectivity index (χ1v) is 10.1. The summed E-state index contributed by atoms with van der Waals surface area (Å²) >= 11 is 6.06. The number of nitrogens with zero attached hydrogens (tertiary/aromatic N) is 4. The summed E-state index contributed by atoms with van der Waals surface area (Å²) < 4.78 is 13.2. The fraction of sp³-hybridized carbons (Fsp3) is 0.250. The van der Waals surface area contributed by atoms with Gasteiger partial charge >= 0.3 is 154 Å². The van der Waals surface area contributed by atoms with Crippen LogP contribution in [-0.4, -0.2) is 52.1 Å². The van der Waals surface area contributed by atoms with Gasteiger partial charge in [-0.15, -0.1) is 0 Å². The number of hydrogen-bond donors (Lipinski definition) is 0. The van der Waals surface area contributed by atoms with Crippen molar-refractivity contribution in [2.24, 2.45) is 0 Å². The van der Waals surface area contributed by atoms with Crippen molar-refractivity contribution in [3.63, 3.8) is 0 Å². The van der Waals surface area contributed by atoms with Crippen LogP contribution >= 0.6 is 11.6 Å². The molecule has 1 aliphatic heterocycles. The van der Waals surface area contributed by atoms with Crippen LogP contribution in [0.4, 0.5) is 0 Å². The number of ether oxygens (including phenoxy) is 2. The Morgan fingerprint density at radius 2 is 2.20 bits per heavy atom. The van der Waals surface area contributed by atoms with Crippen molar-refractivity contribution >= 4 is 43.7 Å². The van der Waals surface area contributed by atoms with Crippen molar-refractivity contribution in [3.8, 4) is 0 Å². The van der Waals surface area contributed by atoms with Gasteiger partial charge in [0.2, 0.25) is 0 Å². The molecular weight excluding hydrogens is 411 g/mol. The van der Waals surface area contributed by atoms with E-state index in [9.17, 15) is 4.79 Å². The van der Waals surface area contributed by atoms with Crippen LogP contribution < -0.4 is 0 Å². The summed E-state index contributed by atoms with van der Waals surface area (Å²) in [6.45, 7) is 0.243. The average molecular weight is 424 g/mol. The summed E-state index contributed by atoms with van der Waals surface area (Å²) in [7, 11) is 0.